The van der Waals surface area contributed by atoms with Crippen LogP contribution in [0.25, 0.3) is 0 Å². The van der Waals surface area contributed by atoms with Crippen molar-refractivity contribution in [2.45, 2.75) is 18.8 Å². The number of halogens is 3. The Morgan fingerprint density at radius 3 is 2.54 bits per heavy atom. The van der Waals surface area contributed by atoms with Crippen molar-refractivity contribution in [3.05, 3.63) is 71.3 Å². The van der Waals surface area contributed by atoms with Gasteiger partial charge in [0.1, 0.15) is 11.6 Å². The number of hydrogen-bond acceptors (Lipinski definition) is 2. The van der Waals surface area contributed by atoms with Gasteiger partial charge in [-0.1, -0.05) is 30.3 Å². The highest BCUT2D eigenvalue weighted by atomic mass is 35.5. The van der Waals surface area contributed by atoms with Gasteiger partial charge in [0.25, 0.3) is 0 Å². The van der Waals surface area contributed by atoms with Crippen LogP contribution in [0.3, 0.4) is 0 Å². The molecular weight excluding hydrogens is 358 g/mol. The number of likely N-dealkylation sites (tertiary alicyclic amines) is 1. The van der Waals surface area contributed by atoms with Gasteiger partial charge in [-0.05, 0) is 48.2 Å². The molecule has 1 amide bonds. The Hall–Kier alpha value is -1.98. The van der Waals surface area contributed by atoms with E-state index in [1.807, 2.05) is 18.2 Å². The van der Waals surface area contributed by atoms with E-state index < -0.39 is 11.6 Å². The number of nitrogens with two attached hydrogens (primary N) is 1. The summed E-state index contributed by atoms with van der Waals surface area (Å²) in [6, 6.07) is 13.4. The zero-order valence-electron chi connectivity index (χ0n) is 14.4. The van der Waals surface area contributed by atoms with E-state index in [4.69, 9.17) is 5.73 Å². The van der Waals surface area contributed by atoms with Gasteiger partial charge in [-0.3, -0.25) is 4.79 Å². The Labute approximate surface area is 158 Å². The predicted molar refractivity (Wildman–Crippen MR) is 100 cm³/mol. The first kappa shape index (κ1) is 20.3. The molecular formula is C20H23ClF2N2O. The first-order valence-corrected chi connectivity index (χ1v) is 8.55. The van der Waals surface area contributed by atoms with E-state index in [1.165, 1.54) is 5.56 Å². The maximum Gasteiger partial charge on any atom is 0.222 e. The summed E-state index contributed by atoms with van der Waals surface area (Å²) in [7, 11) is 0. The second-order valence-electron chi connectivity index (χ2n) is 6.55. The minimum Gasteiger partial charge on any atom is -0.342 e. The van der Waals surface area contributed by atoms with Crippen molar-refractivity contribution >= 4 is 18.3 Å². The fraction of sp³-hybridized carbons (Fsp3) is 0.350. The van der Waals surface area contributed by atoms with Gasteiger partial charge in [-0.15, -0.1) is 12.4 Å². The van der Waals surface area contributed by atoms with Crippen LogP contribution in [0.2, 0.25) is 0 Å². The van der Waals surface area contributed by atoms with Gasteiger partial charge < -0.3 is 10.6 Å². The zero-order chi connectivity index (χ0) is 17.8. The second-order valence-corrected chi connectivity index (χ2v) is 6.55. The monoisotopic (exact) mass is 380 g/mol. The molecule has 2 atom stereocenters. The third-order valence-electron chi connectivity index (χ3n) is 4.94. The molecule has 3 rings (SSSR count). The molecule has 2 aromatic carbocycles. The molecule has 1 saturated heterocycles. The lowest BCUT2D eigenvalue weighted by Crippen LogP contribution is -2.30. The second kappa shape index (κ2) is 9.10. The predicted octanol–water partition coefficient (Wildman–Crippen LogP) is 3.52. The molecule has 2 aromatic rings. The Bertz CT molecular complexity index is 742. The van der Waals surface area contributed by atoms with Crippen molar-refractivity contribution in [3.63, 3.8) is 0 Å². The number of amides is 1. The normalized spacial score (nSPS) is 19.3. The van der Waals surface area contributed by atoms with Crippen molar-refractivity contribution in [2.75, 3.05) is 19.6 Å². The van der Waals surface area contributed by atoms with Crippen LogP contribution in [-0.4, -0.2) is 30.4 Å². The van der Waals surface area contributed by atoms with E-state index >= 15 is 0 Å². The van der Waals surface area contributed by atoms with Crippen LogP contribution in [0.1, 0.15) is 23.5 Å². The average Bonchev–Trinajstić information content (AvgIpc) is 3.07. The number of benzene rings is 2. The van der Waals surface area contributed by atoms with Crippen molar-refractivity contribution in [1.29, 1.82) is 0 Å². The fourth-order valence-corrected chi connectivity index (χ4v) is 3.53. The maximum atomic E-state index is 13.7. The third kappa shape index (κ3) is 4.59. The zero-order valence-corrected chi connectivity index (χ0v) is 15.2. The van der Waals surface area contributed by atoms with Gasteiger partial charge in [-0.25, -0.2) is 8.78 Å². The van der Waals surface area contributed by atoms with E-state index in [0.29, 0.717) is 19.6 Å². The van der Waals surface area contributed by atoms with E-state index in [0.717, 1.165) is 18.2 Å². The van der Waals surface area contributed by atoms with Crippen LogP contribution < -0.4 is 5.73 Å². The summed E-state index contributed by atoms with van der Waals surface area (Å²) in [6.45, 7) is 1.75. The SMILES string of the molecule is Cl.NC[C@@H]1CN(C(=O)CCc2cc(F)ccc2F)C[C@H]1c1ccccc1. The van der Waals surface area contributed by atoms with E-state index in [9.17, 15) is 13.6 Å². The summed E-state index contributed by atoms with van der Waals surface area (Å²) in [5.41, 5.74) is 7.32. The molecule has 3 nitrogen and oxygen atoms in total. The number of hydrogen-bond donors (Lipinski definition) is 1. The van der Waals surface area contributed by atoms with Crippen LogP contribution in [0, 0.1) is 17.6 Å². The number of rotatable bonds is 5. The highest BCUT2D eigenvalue weighted by Gasteiger charge is 2.34. The highest BCUT2D eigenvalue weighted by Crippen LogP contribution is 2.32. The smallest absolute Gasteiger partial charge is 0.222 e. The molecule has 26 heavy (non-hydrogen) atoms. The van der Waals surface area contributed by atoms with Crippen LogP contribution in [-0.2, 0) is 11.2 Å². The summed E-state index contributed by atoms with van der Waals surface area (Å²) in [6.07, 6.45) is 0.362. The fourth-order valence-electron chi connectivity index (χ4n) is 3.53. The molecule has 0 aromatic heterocycles. The number of nitrogens with zero attached hydrogens (tertiary/aromatic N) is 1. The summed E-state index contributed by atoms with van der Waals surface area (Å²) in [5.74, 6) is -0.561. The van der Waals surface area contributed by atoms with Gasteiger partial charge in [0.2, 0.25) is 5.91 Å². The summed E-state index contributed by atoms with van der Waals surface area (Å²) in [4.78, 5) is 14.3. The first-order valence-electron chi connectivity index (χ1n) is 8.55. The first-order chi connectivity index (χ1) is 12.1. The van der Waals surface area contributed by atoms with Crippen LogP contribution in [0.15, 0.2) is 48.5 Å². The van der Waals surface area contributed by atoms with E-state index in [-0.39, 0.29) is 48.6 Å². The van der Waals surface area contributed by atoms with Crippen LogP contribution >= 0.6 is 12.4 Å². The number of carbonyl (C=O) groups is 1. The lowest BCUT2D eigenvalue weighted by atomic mass is 9.89. The molecule has 0 unspecified atom stereocenters. The van der Waals surface area contributed by atoms with E-state index in [2.05, 4.69) is 12.1 Å². The standard InChI is InChI=1S/C20H22F2N2O.ClH/c21-17-7-8-19(22)15(10-17)6-9-20(25)24-12-16(11-23)18(13-24)14-4-2-1-3-5-14;/h1-5,7-8,10,16,18H,6,9,11-13,23H2;1H/t16-,18+;/m1./s1. The molecule has 0 saturated carbocycles. The highest BCUT2D eigenvalue weighted by molar-refractivity contribution is 5.85. The lowest BCUT2D eigenvalue weighted by molar-refractivity contribution is -0.130. The molecule has 2 N–H and O–H groups in total. The molecule has 140 valence electrons. The molecule has 0 aliphatic carbocycles. The summed E-state index contributed by atoms with van der Waals surface area (Å²) in [5, 5.41) is 0. The quantitative estimate of drug-likeness (QED) is 0.862. The number of carbonyl (C=O) groups excluding carboxylic acids is 1. The van der Waals surface area contributed by atoms with Gasteiger partial charge in [0.15, 0.2) is 0 Å². The maximum absolute atomic E-state index is 13.7. The van der Waals surface area contributed by atoms with Gasteiger partial charge in [0.05, 0.1) is 0 Å². The summed E-state index contributed by atoms with van der Waals surface area (Å²) < 4.78 is 26.9. The van der Waals surface area contributed by atoms with Gasteiger partial charge in [0, 0.05) is 25.4 Å². The molecule has 1 heterocycles. The third-order valence-corrected chi connectivity index (χ3v) is 4.94. The minimum atomic E-state index is -0.489. The van der Waals surface area contributed by atoms with Gasteiger partial charge >= 0.3 is 0 Å². The molecule has 0 spiro atoms. The Morgan fingerprint density at radius 1 is 1.12 bits per heavy atom. The minimum absolute atomic E-state index is 0. The Balaban J connectivity index is 0.00000243. The molecule has 0 radical (unpaired) electrons. The largest absolute Gasteiger partial charge is 0.342 e. The number of aryl methyl sites for hydroxylation is 1. The molecule has 6 heteroatoms. The molecule has 1 fully saturated rings. The van der Waals surface area contributed by atoms with Crippen molar-refractivity contribution in [2.24, 2.45) is 11.7 Å². The lowest BCUT2D eigenvalue weighted by Gasteiger charge is -2.17. The molecule has 1 aliphatic heterocycles. The van der Waals surface area contributed by atoms with E-state index in [1.54, 1.807) is 4.90 Å². The Kier molecular flexibility index (Phi) is 7.12. The Morgan fingerprint density at radius 2 is 1.85 bits per heavy atom. The topological polar surface area (TPSA) is 46.3 Å². The van der Waals surface area contributed by atoms with Crippen molar-refractivity contribution in [3.8, 4) is 0 Å². The van der Waals surface area contributed by atoms with Crippen molar-refractivity contribution in [1.82, 2.24) is 4.90 Å². The van der Waals surface area contributed by atoms with Crippen molar-refractivity contribution < 1.29 is 13.6 Å². The average molecular weight is 381 g/mol. The molecule has 1 aliphatic rings. The van der Waals surface area contributed by atoms with Gasteiger partial charge in [-0.2, -0.15) is 0 Å². The van der Waals surface area contributed by atoms with Crippen LogP contribution in [0.4, 0.5) is 8.78 Å². The summed E-state index contributed by atoms with van der Waals surface area (Å²) >= 11 is 0. The van der Waals surface area contributed by atoms with Crippen LogP contribution in [0.5, 0.6) is 0 Å². The molecule has 0 bridgehead atoms.